The average Bonchev–Trinajstić information content (AvgIpc) is 3.49. The molecule has 0 spiro atoms. The fourth-order valence-electron chi connectivity index (χ4n) is 6.65. The van der Waals surface area contributed by atoms with Gasteiger partial charge in [0.1, 0.15) is 0 Å². The summed E-state index contributed by atoms with van der Waals surface area (Å²) in [6.45, 7) is 4.59. The van der Waals surface area contributed by atoms with E-state index in [4.69, 9.17) is 0 Å². The predicted octanol–water partition coefficient (Wildman–Crippen LogP) is 13.1. The molecule has 1 unspecified atom stereocenters. The molecule has 0 aliphatic heterocycles. The summed E-state index contributed by atoms with van der Waals surface area (Å²) in [5.41, 5.74) is 12.2. The fourth-order valence-corrected chi connectivity index (χ4v) is 6.65. The molecule has 0 saturated carbocycles. The van der Waals surface area contributed by atoms with Crippen molar-refractivity contribution >= 4 is 45.1 Å². The van der Waals surface area contributed by atoms with Crippen molar-refractivity contribution in [3.8, 4) is 0 Å². The SMILES string of the molecule is CCC(C)n1c2ccc(C=CC=C(c3ccccc3)c3ccccc3)cc2c2cc(C=CC=C(c3ccccc3)c3ccccc3)ccc21. The quantitative estimate of drug-likeness (QED) is 0.132. The molecule has 1 aromatic heterocycles. The molecular weight excluding hydrogens is 591 g/mol. The minimum atomic E-state index is 0.396. The Bertz CT molecular complexity index is 2040. The Labute approximate surface area is 290 Å². The van der Waals surface area contributed by atoms with Crippen LogP contribution < -0.4 is 0 Å². The number of rotatable bonds is 10. The third-order valence-electron chi connectivity index (χ3n) is 9.32. The molecule has 0 amide bonds. The first-order valence-electron chi connectivity index (χ1n) is 17.3. The van der Waals surface area contributed by atoms with Gasteiger partial charge in [-0.05, 0) is 82.1 Å². The third-order valence-corrected chi connectivity index (χ3v) is 9.32. The highest BCUT2D eigenvalue weighted by molar-refractivity contribution is 6.09. The molecule has 238 valence electrons. The van der Waals surface area contributed by atoms with Crippen molar-refractivity contribution < 1.29 is 0 Å². The summed E-state index contributed by atoms with van der Waals surface area (Å²) >= 11 is 0. The maximum Gasteiger partial charge on any atom is 0.0494 e. The van der Waals surface area contributed by atoms with Crippen LogP contribution >= 0.6 is 0 Å². The molecule has 0 radical (unpaired) electrons. The Morgan fingerprint density at radius 2 is 0.837 bits per heavy atom. The van der Waals surface area contributed by atoms with E-state index < -0.39 is 0 Å². The van der Waals surface area contributed by atoms with E-state index in [-0.39, 0.29) is 0 Å². The monoisotopic (exact) mass is 631 g/mol. The van der Waals surface area contributed by atoms with Crippen LogP contribution in [0.3, 0.4) is 0 Å². The van der Waals surface area contributed by atoms with Crippen molar-refractivity contribution in [2.45, 2.75) is 26.3 Å². The van der Waals surface area contributed by atoms with Crippen LogP contribution in [0.25, 0.3) is 45.1 Å². The van der Waals surface area contributed by atoms with Crippen LogP contribution in [-0.4, -0.2) is 4.57 Å². The van der Waals surface area contributed by atoms with Gasteiger partial charge in [0.2, 0.25) is 0 Å². The van der Waals surface area contributed by atoms with E-state index in [1.807, 2.05) is 0 Å². The molecule has 0 bridgehead atoms. The second-order valence-electron chi connectivity index (χ2n) is 12.5. The van der Waals surface area contributed by atoms with E-state index in [0.29, 0.717) is 6.04 Å². The summed E-state index contributed by atoms with van der Waals surface area (Å²) < 4.78 is 2.51. The zero-order valence-electron chi connectivity index (χ0n) is 28.2. The first-order valence-corrected chi connectivity index (χ1v) is 17.3. The predicted molar refractivity (Wildman–Crippen MR) is 212 cm³/mol. The van der Waals surface area contributed by atoms with Gasteiger partial charge in [0.25, 0.3) is 0 Å². The molecule has 49 heavy (non-hydrogen) atoms. The molecule has 6 aromatic carbocycles. The molecule has 7 aromatic rings. The second-order valence-corrected chi connectivity index (χ2v) is 12.5. The van der Waals surface area contributed by atoms with Crippen LogP contribution in [0.2, 0.25) is 0 Å². The summed E-state index contributed by atoms with van der Waals surface area (Å²) in [5, 5.41) is 2.57. The van der Waals surface area contributed by atoms with Gasteiger partial charge in [-0.3, -0.25) is 0 Å². The lowest BCUT2D eigenvalue weighted by atomic mass is 9.97. The fraction of sp³-hybridized carbons (Fsp3) is 0.0833. The Kier molecular flexibility index (Phi) is 9.62. The van der Waals surface area contributed by atoms with E-state index in [2.05, 4.69) is 213 Å². The van der Waals surface area contributed by atoms with Crippen molar-refractivity contribution in [3.05, 3.63) is 215 Å². The van der Waals surface area contributed by atoms with Crippen molar-refractivity contribution in [1.29, 1.82) is 0 Å². The first-order chi connectivity index (χ1) is 24.2. The minimum Gasteiger partial charge on any atom is -0.338 e. The molecule has 0 saturated heterocycles. The van der Waals surface area contributed by atoms with Crippen LogP contribution in [0, 0.1) is 0 Å². The van der Waals surface area contributed by atoms with Crippen molar-refractivity contribution in [3.63, 3.8) is 0 Å². The Balaban J connectivity index is 1.27. The van der Waals surface area contributed by atoms with Crippen LogP contribution in [0.4, 0.5) is 0 Å². The van der Waals surface area contributed by atoms with Crippen LogP contribution in [0.15, 0.2) is 182 Å². The van der Waals surface area contributed by atoms with Gasteiger partial charge in [-0.1, -0.05) is 177 Å². The summed E-state index contributed by atoms with van der Waals surface area (Å²) in [6, 6.07) is 56.6. The van der Waals surface area contributed by atoms with Gasteiger partial charge in [-0.2, -0.15) is 0 Å². The maximum absolute atomic E-state index is 2.51. The topological polar surface area (TPSA) is 4.93 Å². The lowest BCUT2D eigenvalue weighted by Gasteiger charge is -2.14. The second kappa shape index (κ2) is 14.9. The molecule has 1 heterocycles. The van der Waals surface area contributed by atoms with E-state index in [1.165, 1.54) is 66.3 Å². The zero-order valence-corrected chi connectivity index (χ0v) is 28.2. The molecule has 7 rings (SSSR count). The number of allylic oxidation sites excluding steroid dienone is 4. The Morgan fingerprint density at radius 1 is 0.490 bits per heavy atom. The number of benzene rings is 6. The molecule has 1 heteroatoms. The highest BCUT2D eigenvalue weighted by Gasteiger charge is 2.15. The largest absolute Gasteiger partial charge is 0.338 e. The smallest absolute Gasteiger partial charge is 0.0494 e. The van der Waals surface area contributed by atoms with Gasteiger partial charge >= 0.3 is 0 Å². The minimum absolute atomic E-state index is 0.396. The van der Waals surface area contributed by atoms with E-state index in [0.717, 1.165) is 6.42 Å². The lowest BCUT2D eigenvalue weighted by Crippen LogP contribution is -2.03. The van der Waals surface area contributed by atoms with Crippen molar-refractivity contribution in [2.75, 3.05) is 0 Å². The molecule has 0 fully saturated rings. The first kappa shape index (κ1) is 31.7. The molecular formula is C48H41N. The average molecular weight is 632 g/mol. The van der Waals surface area contributed by atoms with E-state index in [1.54, 1.807) is 0 Å². The Morgan fingerprint density at radius 3 is 1.16 bits per heavy atom. The molecule has 0 N–H and O–H groups in total. The van der Waals surface area contributed by atoms with Gasteiger partial charge in [-0.15, -0.1) is 0 Å². The summed E-state index contributed by atoms with van der Waals surface area (Å²) in [5.74, 6) is 0. The van der Waals surface area contributed by atoms with Gasteiger partial charge in [-0.25, -0.2) is 0 Å². The zero-order chi connectivity index (χ0) is 33.4. The summed E-state index contributed by atoms with van der Waals surface area (Å²) in [7, 11) is 0. The number of fused-ring (bicyclic) bond motifs is 3. The van der Waals surface area contributed by atoms with Gasteiger partial charge < -0.3 is 4.57 Å². The summed E-state index contributed by atoms with van der Waals surface area (Å²) in [4.78, 5) is 0. The number of aromatic nitrogens is 1. The molecule has 0 aliphatic carbocycles. The lowest BCUT2D eigenvalue weighted by molar-refractivity contribution is 0.563. The standard InChI is InChI=1S/C48H41N/c1-3-36(2)49-47-32-30-37(18-16-28-43(39-20-8-4-9-21-39)40-22-10-5-11-23-40)34-45(47)46-35-38(31-33-48(46)49)19-17-29-44(41-24-12-6-13-25-41)42-26-14-7-15-27-42/h4-36H,3H2,1-2H3. The highest BCUT2D eigenvalue weighted by Crippen LogP contribution is 2.35. The number of hydrogen-bond acceptors (Lipinski definition) is 0. The maximum atomic E-state index is 2.51. The number of hydrogen-bond donors (Lipinski definition) is 0. The van der Waals surface area contributed by atoms with Crippen molar-refractivity contribution in [1.82, 2.24) is 4.57 Å². The highest BCUT2D eigenvalue weighted by atomic mass is 15.0. The van der Waals surface area contributed by atoms with Gasteiger partial charge in [0, 0.05) is 27.8 Å². The molecule has 1 nitrogen and oxygen atoms in total. The molecule has 1 atom stereocenters. The van der Waals surface area contributed by atoms with E-state index >= 15 is 0 Å². The Hall–Kier alpha value is -5.92. The van der Waals surface area contributed by atoms with E-state index in [9.17, 15) is 0 Å². The summed E-state index contributed by atoms with van der Waals surface area (Å²) in [6.07, 6.45) is 14.3. The van der Waals surface area contributed by atoms with Crippen LogP contribution in [0.5, 0.6) is 0 Å². The van der Waals surface area contributed by atoms with Gasteiger partial charge in [0.05, 0.1) is 0 Å². The third kappa shape index (κ3) is 7.03. The van der Waals surface area contributed by atoms with Crippen LogP contribution in [0.1, 0.15) is 59.7 Å². The van der Waals surface area contributed by atoms with Crippen molar-refractivity contribution in [2.24, 2.45) is 0 Å². The van der Waals surface area contributed by atoms with Gasteiger partial charge in [0.15, 0.2) is 0 Å². The van der Waals surface area contributed by atoms with Crippen LogP contribution in [-0.2, 0) is 0 Å². The molecule has 0 aliphatic rings. The number of nitrogens with zero attached hydrogens (tertiary/aromatic N) is 1. The normalized spacial score (nSPS) is 12.1.